The third-order valence-corrected chi connectivity index (χ3v) is 9.54. The zero-order chi connectivity index (χ0) is 33.8. The van der Waals surface area contributed by atoms with Crippen molar-refractivity contribution >= 4 is 67.4 Å². The van der Waals surface area contributed by atoms with Gasteiger partial charge in [-0.25, -0.2) is 19.6 Å². The number of para-hydroxylation sites is 1. The number of nitrogens with zero attached hydrogens (tertiary/aromatic N) is 2. The van der Waals surface area contributed by atoms with Gasteiger partial charge in [0.1, 0.15) is 22.4 Å². The van der Waals surface area contributed by atoms with Crippen LogP contribution in [0.5, 0.6) is 5.75 Å². The average Bonchev–Trinajstić information content (AvgIpc) is 3.66. The van der Waals surface area contributed by atoms with Crippen LogP contribution >= 0.6 is 22.7 Å². The van der Waals surface area contributed by atoms with Gasteiger partial charge in [-0.05, 0) is 82.3 Å². The molecule has 248 valence electrons. The second-order valence-corrected chi connectivity index (χ2v) is 14.4. The van der Waals surface area contributed by atoms with Crippen LogP contribution in [0.1, 0.15) is 54.5 Å². The first-order valence-electron chi connectivity index (χ1n) is 15.5. The number of carbonyl (C=O) groups is 3. The number of nitrogens with one attached hydrogen (secondary N) is 3. The normalized spacial score (nSPS) is 14.1. The quantitative estimate of drug-likeness (QED) is 0.108. The van der Waals surface area contributed by atoms with Crippen LogP contribution in [0.15, 0.2) is 66.7 Å². The number of fused-ring (bicyclic) bond motifs is 2. The predicted molar refractivity (Wildman–Crippen MR) is 189 cm³/mol. The van der Waals surface area contributed by atoms with Crippen molar-refractivity contribution in [3.63, 3.8) is 0 Å². The SMILES string of the molecule is CC(C)(C)OC(=O)Nc1cccc(OCCCc2sc(-c3ccc4c(c3)NC(C(=O)Nc3nc5ccccc5s3)CC4)nc2C(=O)O)c1. The first kappa shape index (κ1) is 32.9. The number of amides is 2. The molecule has 1 aliphatic rings. The number of carboxylic acid groups (broad SMARTS) is 1. The highest BCUT2D eigenvalue weighted by atomic mass is 32.1. The standard InChI is InChI=1S/C35H35N5O6S2/c1-35(2,3)46-34(44)36-22-8-6-9-23(19-22)45-17-7-12-28-29(32(42)43)39-31(47-28)21-14-13-20-15-16-25(37-26(20)18-21)30(41)40-33-38-24-10-4-5-11-27(24)48-33/h4-6,8-11,13-14,18-19,25,37H,7,12,15-17H2,1-3H3,(H,36,44)(H,42,43)(H,38,40,41). The minimum Gasteiger partial charge on any atom is -0.494 e. The fourth-order valence-electron chi connectivity index (χ4n) is 5.26. The predicted octanol–water partition coefficient (Wildman–Crippen LogP) is 7.84. The number of aryl methyl sites for hydroxylation is 2. The third kappa shape index (κ3) is 8.09. The molecule has 3 aromatic carbocycles. The molecule has 13 heteroatoms. The first-order chi connectivity index (χ1) is 23.0. The van der Waals surface area contributed by atoms with Crippen molar-refractivity contribution in [2.75, 3.05) is 22.6 Å². The molecular weight excluding hydrogens is 651 g/mol. The number of rotatable bonds is 10. The lowest BCUT2D eigenvalue weighted by Gasteiger charge is -2.26. The van der Waals surface area contributed by atoms with Crippen LogP contribution in [0.2, 0.25) is 0 Å². The first-order valence-corrected chi connectivity index (χ1v) is 17.2. The Morgan fingerprint density at radius 2 is 1.83 bits per heavy atom. The van der Waals surface area contributed by atoms with Crippen molar-refractivity contribution in [3.8, 4) is 16.3 Å². The highest BCUT2D eigenvalue weighted by Crippen LogP contribution is 2.35. The largest absolute Gasteiger partial charge is 0.494 e. The molecule has 0 saturated heterocycles. The second-order valence-electron chi connectivity index (χ2n) is 12.3. The zero-order valence-corrected chi connectivity index (χ0v) is 28.3. The van der Waals surface area contributed by atoms with E-state index in [1.807, 2.05) is 42.5 Å². The Morgan fingerprint density at radius 3 is 2.62 bits per heavy atom. The molecule has 4 N–H and O–H groups in total. The summed E-state index contributed by atoms with van der Waals surface area (Å²) in [7, 11) is 0. The van der Waals surface area contributed by atoms with Crippen molar-refractivity contribution in [3.05, 3.63) is 82.9 Å². The number of hydrogen-bond donors (Lipinski definition) is 4. The van der Waals surface area contributed by atoms with Gasteiger partial charge < -0.3 is 25.2 Å². The molecule has 5 aromatic rings. The Balaban J connectivity index is 1.07. The molecule has 0 saturated carbocycles. The van der Waals surface area contributed by atoms with Gasteiger partial charge in [-0.3, -0.25) is 10.1 Å². The summed E-state index contributed by atoms with van der Waals surface area (Å²) >= 11 is 2.78. The van der Waals surface area contributed by atoms with E-state index in [1.165, 1.54) is 22.7 Å². The molecule has 2 aromatic heterocycles. The van der Waals surface area contributed by atoms with Crippen LogP contribution in [-0.2, 0) is 22.4 Å². The second kappa shape index (κ2) is 14.0. The van der Waals surface area contributed by atoms with Crippen molar-refractivity contribution in [2.45, 2.75) is 58.1 Å². The van der Waals surface area contributed by atoms with Gasteiger partial charge in [-0.15, -0.1) is 11.3 Å². The molecule has 0 fully saturated rings. The highest BCUT2D eigenvalue weighted by molar-refractivity contribution is 7.22. The number of aromatic carboxylic acids is 1. The third-order valence-electron chi connectivity index (χ3n) is 7.43. The van der Waals surface area contributed by atoms with E-state index in [-0.39, 0.29) is 11.6 Å². The van der Waals surface area contributed by atoms with Crippen molar-refractivity contribution < 1.29 is 29.0 Å². The van der Waals surface area contributed by atoms with Crippen LogP contribution in [0, 0.1) is 0 Å². The van der Waals surface area contributed by atoms with Gasteiger partial charge in [0.15, 0.2) is 10.8 Å². The van der Waals surface area contributed by atoms with E-state index in [4.69, 9.17) is 9.47 Å². The lowest BCUT2D eigenvalue weighted by molar-refractivity contribution is -0.117. The Bertz CT molecular complexity index is 1950. The number of ether oxygens (including phenoxy) is 2. The van der Waals surface area contributed by atoms with Crippen LogP contribution in [0.3, 0.4) is 0 Å². The topological polar surface area (TPSA) is 152 Å². The number of anilines is 3. The minimum atomic E-state index is -1.09. The number of carbonyl (C=O) groups excluding carboxylic acids is 2. The van der Waals surface area contributed by atoms with Gasteiger partial charge in [0.25, 0.3) is 0 Å². The summed E-state index contributed by atoms with van der Waals surface area (Å²) < 4.78 is 12.2. The maximum atomic E-state index is 13.1. The zero-order valence-electron chi connectivity index (χ0n) is 26.7. The van der Waals surface area contributed by atoms with Gasteiger partial charge >= 0.3 is 12.1 Å². The van der Waals surface area contributed by atoms with Gasteiger partial charge in [0.2, 0.25) is 5.91 Å². The van der Waals surface area contributed by atoms with Gasteiger partial charge in [0, 0.05) is 27.9 Å². The molecule has 1 atom stereocenters. The Morgan fingerprint density at radius 1 is 1.00 bits per heavy atom. The molecule has 2 amide bonds. The smallest absolute Gasteiger partial charge is 0.412 e. The molecule has 11 nitrogen and oxygen atoms in total. The van der Waals surface area contributed by atoms with Crippen LogP contribution < -0.4 is 20.7 Å². The van der Waals surface area contributed by atoms with Crippen molar-refractivity contribution in [2.24, 2.45) is 0 Å². The minimum absolute atomic E-state index is 0.0253. The molecule has 0 spiro atoms. The van der Waals surface area contributed by atoms with E-state index in [0.29, 0.717) is 52.3 Å². The Labute approximate surface area is 285 Å². The van der Waals surface area contributed by atoms with Gasteiger partial charge in [-0.1, -0.05) is 41.7 Å². The number of thiazole rings is 2. The van der Waals surface area contributed by atoms with E-state index < -0.39 is 23.7 Å². The summed E-state index contributed by atoms with van der Waals surface area (Å²) in [4.78, 5) is 47.0. The monoisotopic (exact) mass is 685 g/mol. The number of benzene rings is 3. The van der Waals surface area contributed by atoms with Gasteiger partial charge in [-0.2, -0.15) is 0 Å². The van der Waals surface area contributed by atoms with E-state index >= 15 is 0 Å². The van der Waals surface area contributed by atoms with Crippen molar-refractivity contribution in [1.29, 1.82) is 0 Å². The summed E-state index contributed by atoms with van der Waals surface area (Å²) in [6.45, 7) is 5.72. The maximum absolute atomic E-state index is 13.1. The summed E-state index contributed by atoms with van der Waals surface area (Å²) in [5, 5.41) is 20.1. The maximum Gasteiger partial charge on any atom is 0.412 e. The Hall–Kier alpha value is -5.01. The van der Waals surface area contributed by atoms with Crippen LogP contribution in [0.25, 0.3) is 20.8 Å². The van der Waals surface area contributed by atoms with Crippen LogP contribution in [-0.4, -0.2) is 51.3 Å². The fourth-order valence-corrected chi connectivity index (χ4v) is 7.22. The summed E-state index contributed by atoms with van der Waals surface area (Å²) in [5.41, 5.74) is 3.49. The molecule has 1 unspecified atom stereocenters. The lowest BCUT2D eigenvalue weighted by atomic mass is 9.96. The molecule has 48 heavy (non-hydrogen) atoms. The summed E-state index contributed by atoms with van der Waals surface area (Å²) in [5.74, 6) is -0.666. The molecule has 0 bridgehead atoms. The molecular formula is C35H35N5O6S2. The van der Waals surface area contributed by atoms with Crippen LogP contribution in [0.4, 0.5) is 21.3 Å². The van der Waals surface area contributed by atoms with Crippen molar-refractivity contribution in [1.82, 2.24) is 9.97 Å². The fraction of sp³-hybridized carbons (Fsp3) is 0.286. The molecule has 3 heterocycles. The van der Waals surface area contributed by atoms with E-state index in [1.54, 1.807) is 45.0 Å². The average molecular weight is 686 g/mol. The van der Waals surface area contributed by atoms with E-state index in [0.717, 1.165) is 33.5 Å². The molecule has 0 aliphatic carbocycles. The van der Waals surface area contributed by atoms with E-state index in [9.17, 15) is 19.5 Å². The molecule has 6 rings (SSSR count). The highest BCUT2D eigenvalue weighted by Gasteiger charge is 2.26. The molecule has 1 aliphatic heterocycles. The van der Waals surface area contributed by atoms with E-state index in [2.05, 4.69) is 25.9 Å². The number of hydrogen-bond acceptors (Lipinski definition) is 10. The van der Waals surface area contributed by atoms with Gasteiger partial charge in [0.05, 0.1) is 16.8 Å². The number of aromatic nitrogens is 2. The Kier molecular flexibility index (Phi) is 9.60. The lowest BCUT2D eigenvalue weighted by Crippen LogP contribution is -2.37. The molecule has 0 radical (unpaired) electrons. The summed E-state index contributed by atoms with van der Waals surface area (Å²) in [6, 6.07) is 20.2. The summed E-state index contributed by atoms with van der Waals surface area (Å²) in [6.07, 6.45) is 1.84. The number of carboxylic acids is 1.